The molecular weight excluding hydrogens is 268 g/mol. The Morgan fingerprint density at radius 1 is 1.33 bits per heavy atom. The summed E-state index contributed by atoms with van der Waals surface area (Å²) in [4.78, 5) is 25.9. The molecule has 1 heterocycles. The van der Waals surface area contributed by atoms with Gasteiger partial charge in [0, 0.05) is 5.69 Å². The maximum absolute atomic E-state index is 12.2. The van der Waals surface area contributed by atoms with Gasteiger partial charge in [0.15, 0.2) is 0 Å². The molecule has 114 valence electrons. The molecule has 0 radical (unpaired) electrons. The molecule has 0 aliphatic carbocycles. The van der Waals surface area contributed by atoms with E-state index in [1.54, 1.807) is 0 Å². The first-order valence-electron chi connectivity index (χ1n) is 7.29. The number of methoxy groups -OCH3 is 1. The number of rotatable bonds is 4. The van der Waals surface area contributed by atoms with Crippen LogP contribution in [-0.4, -0.2) is 43.0 Å². The van der Waals surface area contributed by atoms with E-state index in [1.165, 1.54) is 7.11 Å². The van der Waals surface area contributed by atoms with Gasteiger partial charge >= 0.3 is 5.97 Å². The number of carbonyl (C=O) groups excluding carboxylic acids is 2. The van der Waals surface area contributed by atoms with E-state index in [9.17, 15) is 9.59 Å². The van der Waals surface area contributed by atoms with E-state index < -0.39 is 0 Å². The molecule has 1 aromatic rings. The zero-order chi connectivity index (χ0) is 15.2. The summed E-state index contributed by atoms with van der Waals surface area (Å²) in [6, 6.07) is 7.35. The van der Waals surface area contributed by atoms with Gasteiger partial charge in [-0.1, -0.05) is 24.6 Å². The van der Waals surface area contributed by atoms with E-state index in [2.05, 4.69) is 5.32 Å². The van der Waals surface area contributed by atoms with Crippen LogP contribution in [0, 0.1) is 6.92 Å². The fraction of sp³-hybridized carbons (Fsp3) is 0.500. The third-order valence-corrected chi connectivity index (χ3v) is 3.85. The number of para-hydroxylation sites is 1. The third kappa shape index (κ3) is 4.04. The van der Waals surface area contributed by atoms with Crippen molar-refractivity contribution in [2.24, 2.45) is 0 Å². The number of amides is 1. The number of hydrogen-bond acceptors (Lipinski definition) is 4. The average Bonchev–Trinajstić information content (AvgIpc) is 2.49. The van der Waals surface area contributed by atoms with Crippen molar-refractivity contribution in [1.82, 2.24) is 4.90 Å². The van der Waals surface area contributed by atoms with Crippen molar-refractivity contribution in [2.75, 3.05) is 25.5 Å². The molecule has 1 amide bonds. The lowest BCUT2D eigenvalue weighted by atomic mass is 10.0. The van der Waals surface area contributed by atoms with Crippen LogP contribution in [0.5, 0.6) is 0 Å². The van der Waals surface area contributed by atoms with Gasteiger partial charge in [0.05, 0.1) is 13.7 Å². The summed E-state index contributed by atoms with van der Waals surface area (Å²) in [5.41, 5.74) is 1.84. The summed E-state index contributed by atoms with van der Waals surface area (Å²) in [5, 5.41) is 2.90. The van der Waals surface area contributed by atoms with Crippen molar-refractivity contribution in [2.45, 2.75) is 32.2 Å². The van der Waals surface area contributed by atoms with E-state index in [0.29, 0.717) is 0 Å². The lowest BCUT2D eigenvalue weighted by Gasteiger charge is -2.33. The molecule has 1 saturated heterocycles. The summed E-state index contributed by atoms with van der Waals surface area (Å²) >= 11 is 0. The topological polar surface area (TPSA) is 58.6 Å². The Balaban J connectivity index is 1.97. The van der Waals surface area contributed by atoms with Crippen molar-refractivity contribution in [3.63, 3.8) is 0 Å². The van der Waals surface area contributed by atoms with Gasteiger partial charge in [0.2, 0.25) is 5.91 Å². The second kappa shape index (κ2) is 7.22. The number of nitrogens with zero attached hydrogens (tertiary/aromatic N) is 1. The lowest BCUT2D eigenvalue weighted by Crippen LogP contribution is -2.48. The fourth-order valence-corrected chi connectivity index (χ4v) is 2.67. The van der Waals surface area contributed by atoms with E-state index >= 15 is 0 Å². The molecule has 21 heavy (non-hydrogen) atoms. The minimum atomic E-state index is -0.300. The van der Waals surface area contributed by atoms with E-state index in [1.807, 2.05) is 36.1 Å². The Morgan fingerprint density at radius 2 is 2.10 bits per heavy atom. The minimum absolute atomic E-state index is 0.0971. The Labute approximate surface area is 125 Å². The van der Waals surface area contributed by atoms with Gasteiger partial charge in [-0.2, -0.15) is 0 Å². The Morgan fingerprint density at radius 3 is 2.81 bits per heavy atom. The summed E-state index contributed by atoms with van der Waals surface area (Å²) in [5.74, 6) is -0.349. The maximum atomic E-state index is 12.2. The number of esters is 1. The van der Waals surface area contributed by atoms with Crippen LogP contribution >= 0.6 is 0 Å². The number of ether oxygens (including phenoxy) is 1. The minimum Gasteiger partial charge on any atom is -0.468 e. The number of likely N-dealkylation sites (tertiary alicyclic amines) is 1. The predicted molar refractivity (Wildman–Crippen MR) is 81.0 cm³/mol. The molecule has 0 bridgehead atoms. The van der Waals surface area contributed by atoms with Gasteiger partial charge in [0.25, 0.3) is 0 Å². The van der Waals surface area contributed by atoms with Crippen molar-refractivity contribution < 1.29 is 14.3 Å². The molecule has 1 atom stereocenters. The number of benzene rings is 1. The lowest BCUT2D eigenvalue weighted by molar-refractivity contribution is -0.148. The standard InChI is InChI=1S/C16H22N2O3/c1-12-7-3-4-8-13(12)17-15(19)11-18-10-6-5-9-14(18)16(20)21-2/h3-4,7-8,14H,5-6,9-11H2,1-2H3,(H,17,19)/t14-/m1/s1. The summed E-state index contributed by atoms with van der Waals surface area (Å²) < 4.78 is 4.83. The van der Waals surface area contributed by atoms with Gasteiger partial charge in [-0.05, 0) is 37.9 Å². The molecule has 5 heteroatoms. The molecule has 0 saturated carbocycles. The molecule has 1 fully saturated rings. The number of piperidine rings is 1. The van der Waals surface area contributed by atoms with Crippen LogP contribution in [0.3, 0.4) is 0 Å². The molecule has 5 nitrogen and oxygen atoms in total. The third-order valence-electron chi connectivity index (χ3n) is 3.85. The number of aryl methyl sites for hydroxylation is 1. The van der Waals surface area contributed by atoms with Crippen molar-refractivity contribution >= 4 is 17.6 Å². The van der Waals surface area contributed by atoms with Gasteiger partial charge in [-0.15, -0.1) is 0 Å². The number of anilines is 1. The van der Waals surface area contributed by atoms with Crippen LogP contribution in [0.2, 0.25) is 0 Å². The number of nitrogens with one attached hydrogen (secondary N) is 1. The highest BCUT2D eigenvalue weighted by atomic mass is 16.5. The SMILES string of the molecule is COC(=O)[C@H]1CCCCN1CC(=O)Nc1ccccc1C. The first-order chi connectivity index (χ1) is 10.1. The maximum Gasteiger partial charge on any atom is 0.323 e. The molecule has 1 aliphatic rings. The number of carbonyl (C=O) groups is 2. The number of hydrogen-bond donors (Lipinski definition) is 1. The zero-order valence-corrected chi connectivity index (χ0v) is 12.6. The Bertz CT molecular complexity index is 516. The summed E-state index contributed by atoms with van der Waals surface area (Å²) in [7, 11) is 1.39. The first kappa shape index (κ1) is 15.5. The van der Waals surface area contributed by atoms with Crippen molar-refractivity contribution in [1.29, 1.82) is 0 Å². The Hall–Kier alpha value is -1.88. The predicted octanol–water partition coefficient (Wildman–Crippen LogP) is 1.96. The van der Waals surface area contributed by atoms with Gasteiger partial charge in [0.1, 0.15) is 6.04 Å². The van der Waals surface area contributed by atoms with E-state index in [4.69, 9.17) is 4.74 Å². The van der Waals surface area contributed by atoms with Crippen LogP contribution in [-0.2, 0) is 14.3 Å². The highest BCUT2D eigenvalue weighted by molar-refractivity contribution is 5.93. The Kier molecular flexibility index (Phi) is 5.33. The molecular formula is C16H22N2O3. The molecule has 1 aliphatic heterocycles. The van der Waals surface area contributed by atoms with E-state index in [-0.39, 0.29) is 24.5 Å². The largest absolute Gasteiger partial charge is 0.468 e. The van der Waals surface area contributed by atoms with Crippen molar-refractivity contribution in [3.05, 3.63) is 29.8 Å². The van der Waals surface area contributed by atoms with Gasteiger partial charge < -0.3 is 10.1 Å². The van der Waals surface area contributed by atoms with Gasteiger partial charge in [-0.25, -0.2) is 0 Å². The summed E-state index contributed by atoms with van der Waals surface area (Å²) in [6.07, 6.45) is 2.76. The van der Waals surface area contributed by atoms with Crippen LogP contribution in [0.1, 0.15) is 24.8 Å². The second-order valence-electron chi connectivity index (χ2n) is 5.37. The normalized spacial score (nSPS) is 19.0. The highest BCUT2D eigenvalue weighted by Crippen LogP contribution is 2.18. The first-order valence-corrected chi connectivity index (χ1v) is 7.29. The van der Waals surface area contributed by atoms with Crippen LogP contribution in [0.25, 0.3) is 0 Å². The summed E-state index contributed by atoms with van der Waals surface area (Å²) in [6.45, 7) is 2.92. The monoisotopic (exact) mass is 290 g/mol. The smallest absolute Gasteiger partial charge is 0.323 e. The highest BCUT2D eigenvalue weighted by Gasteiger charge is 2.30. The fourth-order valence-electron chi connectivity index (χ4n) is 2.67. The molecule has 2 rings (SSSR count). The van der Waals surface area contributed by atoms with Gasteiger partial charge in [-0.3, -0.25) is 14.5 Å². The molecule has 0 aromatic heterocycles. The molecule has 1 aromatic carbocycles. The van der Waals surface area contributed by atoms with Crippen LogP contribution in [0.4, 0.5) is 5.69 Å². The second-order valence-corrected chi connectivity index (χ2v) is 5.37. The average molecular weight is 290 g/mol. The van der Waals surface area contributed by atoms with E-state index in [0.717, 1.165) is 37.1 Å². The van der Waals surface area contributed by atoms with Crippen LogP contribution < -0.4 is 5.32 Å². The molecule has 0 unspecified atom stereocenters. The molecule has 1 N–H and O–H groups in total. The quantitative estimate of drug-likeness (QED) is 0.861. The zero-order valence-electron chi connectivity index (χ0n) is 12.6. The van der Waals surface area contributed by atoms with Crippen LogP contribution in [0.15, 0.2) is 24.3 Å². The van der Waals surface area contributed by atoms with Crippen molar-refractivity contribution in [3.8, 4) is 0 Å². The molecule has 0 spiro atoms.